The SMILES string of the molecule is CCNC(=O)NC(=O)C(C)Nc1ccc(Oc2ccc(Br)cc2)cc1. The van der Waals surface area contributed by atoms with E-state index in [-0.39, 0.29) is 0 Å². The molecular weight excluding hydrogens is 386 g/mol. The first kappa shape index (κ1) is 18.8. The van der Waals surface area contributed by atoms with Crippen molar-refractivity contribution in [1.29, 1.82) is 0 Å². The molecule has 6 nitrogen and oxygen atoms in total. The predicted molar refractivity (Wildman–Crippen MR) is 101 cm³/mol. The van der Waals surface area contributed by atoms with E-state index in [9.17, 15) is 9.59 Å². The van der Waals surface area contributed by atoms with Gasteiger partial charge in [-0.2, -0.15) is 0 Å². The number of hydrogen-bond acceptors (Lipinski definition) is 4. The van der Waals surface area contributed by atoms with Crippen LogP contribution in [0.2, 0.25) is 0 Å². The summed E-state index contributed by atoms with van der Waals surface area (Å²) in [6, 6.07) is 13.7. The van der Waals surface area contributed by atoms with E-state index in [0.29, 0.717) is 12.3 Å². The topological polar surface area (TPSA) is 79.5 Å². The maximum absolute atomic E-state index is 11.9. The molecule has 1 atom stereocenters. The van der Waals surface area contributed by atoms with Gasteiger partial charge in [-0.05, 0) is 62.4 Å². The van der Waals surface area contributed by atoms with Crippen molar-refractivity contribution in [3.8, 4) is 11.5 Å². The third-order valence-electron chi connectivity index (χ3n) is 3.25. The van der Waals surface area contributed by atoms with Gasteiger partial charge in [0.05, 0.1) is 0 Å². The van der Waals surface area contributed by atoms with Crippen LogP contribution in [0.4, 0.5) is 10.5 Å². The lowest BCUT2D eigenvalue weighted by atomic mass is 10.2. The van der Waals surface area contributed by atoms with Crippen molar-refractivity contribution in [2.45, 2.75) is 19.9 Å². The molecule has 0 aliphatic carbocycles. The molecule has 0 aromatic heterocycles. The number of amides is 3. The number of urea groups is 1. The fourth-order valence-corrected chi connectivity index (χ4v) is 2.26. The molecule has 0 spiro atoms. The number of imide groups is 1. The highest BCUT2D eigenvalue weighted by molar-refractivity contribution is 9.10. The van der Waals surface area contributed by atoms with Gasteiger partial charge in [-0.25, -0.2) is 4.79 Å². The summed E-state index contributed by atoms with van der Waals surface area (Å²) in [6.07, 6.45) is 0. The molecule has 3 N–H and O–H groups in total. The smallest absolute Gasteiger partial charge is 0.321 e. The number of halogens is 1. The predicted octanol–water partition coefficient (Wildman–Crippen LogP) is 3.89. The zero-order chi connectivity index (χ0) is 18.2. The number of ether oxygens (including phenoxy) is 1. The molecule has 2 aromatic rings. The molecule has 0 bridgehead atoms. The van der Waals surface area contributed by atoms with E-state index >= 15 is 0 Å². The van der Waals surface area contributed by atoms with Gasteiger partial charge in [0.25, 0.3) is 0 Å². The quantitative estimate of drug-likeness (QED) is 0.680. The van der Waals surface area contributed by atoms with Gasteiger partial charge >= 0.3 is 6.03 Å². The number of carbonyl (C=O) groups excluding carboxylic acids is 2. The van der Waals surface area contributed by atoms with Crippen LogP contribution < -0.4 is 20.7 Å². The fraction of sp³-hybridized carbons (Fsp3) is 0.222. The molecule has 0 fully saturated rings. The van der Waals surface area contributed by atoms with E-state index in [1.54, 1.807) is 26.0 Å². The van der Waals surface area contributed by atoms with Crippen LogP contribution in [0, 0.1) is 0 Å². The van der Waals surface area contributed by atoms with Crippen molar-refractivity contribution in [3.63, 3.8) is 0 Å². The molecule has 3 amide bonds. The Morgan fingerprint density at radius 2 is 1.60 bits per heavy atom. The van der Waals surface area contributed by atoms with E-state index in [2.05, 4.69) is 31.9 Å². The fourth-order valence-electron chi connectivity index (χ4n) is 2.00. The highest BCUT2D eigenvalue weighted by atomic mass is 79.9. The van der Waals surface area contributed by atoms with Crippen molar-refractivity contribution in [1.82, 2.24) is 10.6 Å². The van der Waals surface area contributed by atoms with Crippen molar-refractivity contribution >= 4 is 33.6 Å². The molecule has 132 valence electrons. The van der Waals surface area contributed by atoms with Crippen LogP contribution >= 0.6 is 15.9 Å². The van der Waals surface area contributed by atoms with Crippen molar-refractivity contribution in [2.24, 2.45) is 0 Å². The minimum absolute atomic E-state index is 0.402. The number of benzene rings is 2. The van der Waals surface area contributed by atoms with Crippen molar-refractivity contribution in [3.05, 3.63) is 53.0 Å². The van der Waals surface area contributed by atoms with Gasteiger partial charge in [0.1, 0.15) is 17.5 Å². The first-order valence-corrected chi connectivity index (χ1v) is 8.66. The van der Waals surface area contributed by atoms with Crippen LogP contribution in [0.5, 0.6) is 11.5 Å². The van der Waals surface area contributed by atoms with E-state index in [1.165, 1.54) is 0 Å². The second-order valence-electron chi connectivity index (χ2n) is 5.30. The minimum atomic E-state index is -0.555. The minimum Gasteiger partial charge on any atom is -0.457 e. The summed E-state index contributed by atoms with van der Waals surface area (Å²) in [5.41, 5.74) is 0.752. The Kier molecular flexibility index (Phi) is 6.82. The van der Waals surface area contributed by atoms with Gasteiger partial charge in [0, 0.05) is 16.7 Å². The van der Waals surface area contributed by atoms with Gasteiger partial charge in [0.15, 0.2) is 0 Å². The summed E-state index contributed by atoms with van der Waals surface area (Å²) in [5.74, 6) is 1.02. The lowest BCUT2D eigenvalue weighted by Gasteiger charge is -2.15. The second-order valence-corrected chi connectivity index (χ2v) is 6.21. The standard InChI is InChI=1S/C18H20BrN3O3/c1-3-20-18(24)22-17(23)12(2)21-14-6-10-16(11-7-14)25-15-8-4-13(19)5-9-15/h4-12,21H,3H2,1-2H3,(H2,20,22,23,24). The molecule has 2 aromatic carbocycles. The zero-order valence-electron chi connectivity index (χ0n) is 14.0. The molecule has 1 unspecified atom stereocenters. The summed E-state index contributed by atoms with van der Waals surface area (Å²) in [5, 5.41) is 7.81. The number of hydrogen-bond donors (Lipinski definition) is 3. The third kappa shape index (κ3) is 6.11. The molecule has 2 rings (SSSR count). The second kappa shape index (κ2) is 9.08. The third-order valence-corrected chi connectivity index (χ3v) is 3.78. The maximum atomic E-state index is 11.9. The Bertz CT molecular complexity index is 717. The van der Waals surface area contributed by atoms with Gasteiger partial charge < -0.3 is 15.4 Å². The molecule has 0 saturated heterocycles. The van der Waals surface area contributed by atoms with Gasteiger partial charge in [-0.3, -0.25) is 10.1 Å². The Balaban J connectivity index is 1.90. The molecular formula is C18H20BrN3O3. The summed E-state index contributed by atoms with van der Waals surface area (Å²) in [4.78, 5) is 23.3. The van der Waals surface area contributed by atoms with Crippen molar-refractivity contribution in [2.75, 3.05) is 11.9 Å². The highest BCUT2D eigenvalue weighted by Crippen LogP contribution is 2.24. The molecule has 0 heterocycles. The first-order valence-electron chi connectivity index (χ1n) is 7.86. The number of nitrogens with one attached hydrogen (secondary N) is 3. The van der Waals surface area contributed by atoms with Gasteiger partial charge in [-0.1, -0.05) is 15.9 Å². The lowest BCUT2D eigenvalue weighted by Crippen LogP contribution is -2.45. The molecule has 0 saturated carbocycles. The van der Waals surface area contributed by atoms with E-state index in [0.717, 1.165) is 15.9 Å². The Labute approximate surface area is 155 Å². The largest absolute Gasteiger partial charge is 0.457 e. The monoisotopic (exact) mass is 405 g/mol. The van der Waals surface area contributed by atoms with E-state index in [4.69, 9.17) is 4.74 Å². The van der Waals surface area contributed by atoms with Gasteiger partial charge in [0.2, 0.25) is 5.91 Å². The molecule has 0 radical (unpaired) electrons. The molecule has 0 aliphatic rings. The van der Waals surface area contributed by atoms with Crippen LogP contribution in [0.3, 0.4) is 0 Å². The summed E-state index contributed by atoms with van der Waals surface area (Å²) in [6.45, 7) is 3.92. The zero-order valence-corrected chi connectivity index (χ0v) is 15.6. The van der Waals surface area contributed by atoms with Crippen LogP contribution in [-0.2, 0) is 4.79 Å². The average molecular weight is 406 g/mol. The van der Waals surface area contributed by atoms with Crippen LogP contribution in [-0.4, -0.2) is 24.5 Å². The maximum Gasteiger partial charge on any atom is 0.321 e. The normalized spacial score (nSPS) is 11.3. The van der Waals surface area contributed by atoms with Crippen molar-refractivity contribution < 1.29 is 14.3 Å². The molecule has 0 aliphatic heterocycles. The lowest BCUT2D eigenvalue weighted by molar-refractivity contribution is -0.120. The summed E-state index contributed by atoms with van der Waals surface area (Å²) < 4.78 is 6.72. The number of anilines is 1. The van der Waals surface area contributed by atoms with Crippen LogP contribution in [0.1, 0.15) is 13.8 Å². The van der Waals surface area contributed by atoms with E-state index in [1.807, 2.05) is 36.4 Å². The number of carbonyl (C=O) groups is 2. The Hall–Kier alpha value is -2.54. The Morgan fingerprint density at radius 3 is 2.16 bits per heavy atom. The highest BCUT2D eigenvalue weighted by Gasteiger charge is 2.15. The van der Waals surface area contributed by atoms with E-state index < -0.39 is 18.0 Å². The molecule has 7 heteroatoms. The van der Waals surface area contributed by atoms with Crippen LogP contribution in [0.15, 0.2) is 53.0 Å². The summed E-state index contributed by atoms with van der Waals surface area (Å²) in [7, 11) is 0. The first-order chi connectivity index (χ1) is 12.0. The van der Waals surface area contributed by atoms with Crippen LogP contribution in [0.25, 0.3) is 0 Å². The summed E-state index contributed by atoms with van der Waals surface area (Å²) >= 11 is 3.38. The molecule has 25 heavy (non-hydrogen) atoms. The number of rotatable bonds is 6. The van der Waals surface area contributed by atoms with Gasteiger partial charge in [-0.15, -0.1) is 0 Å². The Morgan fingerprint density at radius 1 is 1.04 bits per heavy atom. The average Bonchev–Trinajstić information content (AvgIpc) is 2.58.